The molecule has 0 saturated heterocycles. The lowest BCUT2D eigenvalue weighted by Gasteiger charge is -2.23. The zero-order valence-electron chi connectivity index (χ0n) is 10.6. The fourth-order valence-electron chi connectivity index (χ4n) is 1.70. The van der Waals surface area contributed by atoms with E-state index in [0.717, 1.165) is 12.3 Å². The molecule has 1 atom stereocenters. The summed E-state index contributed by atoms with van der Waals surface area (Å²) < 4.78 is 10.4. The number of carboxylic acid groups (broad SMARTS) is 2. The summed E-state index contributed by atoms with van der Waals surface area (Å²) in [5.74, 6) is -2.06. The van der Waals surface area contributed by atoms with Gasteiger partial charge in [-0.2, -0.15) is 0 Å². The summed E-state index contributed by atoms with van der Waals surface area (Å²) >= 11 is 0. The largest absolute Gasteiger partial charge is 0.481 e. The van der Waals surface area contributed by atoms with E-state index in [2.05, 4.69) is 0 Å². The van der Waals surface area contributed by atoms with Gasteiger partial charge >= 0.3 is 11.9 Å². The standard InChI is InChI=1S/C9H10O4.C4H7OP/c1-9(8(12)13)4-2-3-6(5-9)7(10)11;5-6-3-1-2-4-6/h2-4H,5H2,1H3,(H,10,11)(H,12,13);1-2,6H,3-4H2. The van der Waals surface area contributed by atoms with Gasteiger partial charge in [-0.3, -0.25) is 4.79 Å². The molecular formula is C13H17O5P. The van der Waals surface area contributed by atoms with Crippen molar-refractivity contribution < 1.29 is 24.4 Å². The molecule has 6 heteroatoms. The topological polar surface area (TPSA) is 91.7 Å². The highest BCUT2D eigenvalue weighted by Gasteiger charge is 2.34. The summed E-state index contributed by atoms with van der Waals surface area (Å²) in [4.78, 5) is 21.3. The lowest BCUT2D eigenvalue weighted by molar-refractivity contribution is -0.145. The maximum atomic E-state index is 10.8. The van der Waals surface area contributed by atoms with E-state index < -0.39 is 25.2 Å². The zero-order chi connectivity index (χ0) is 14.5. The van der Waals surface area contributed by atoms with Gasteiger partial charge < -0.3 is 14.8 Å². The van der Waals surface area contributed by atoms with Gasteiger partial charge in [0.1, 0.15) is 0 Å². The van der Waals surface area contributed by atoms with Crippen LogP contribution < -0.4 is 0 Å². The van der Waals surface area contributed by atoms with Gasteiger partial charge in [0, 0.05) is 17.9 Å². The number of hydrogen-bond donors (Lipinski definition) is 2. The number of carbonyl (C=O) groups is 2. The van der Waals surface area contributed by atoms with Crippen LogP contribution in [0.4, 0.5) is 0 Å². The first-order chi connectivity index (χ1) is 8.85. The quantitative estimate of drug-likeness (QED) is 0.599. The van der Waals surface area contributed by atoms with E-state index in [0.29, 0.717) is 0 Å². The fraction of sp³-hybridized carbons (Fsp3) is 0.385. The summed E-state index contributed by atoms with van der Waals surface area (Å²) in [6.07, 6.45) is 10.1. The third kappa shape index (κ3) is 4.52. The average Bonchev–Trinajstić information content (AvgIpc) is 2.81. The van der Waals surface area contributed by atoms with Gasteiger partial charge in [0.2, 0.25) is 0 Å². The third-order valence-corrected chi connectivity index (χ3v) is 4.32. The molecule has 2 N–H and O–H groups in total. The van der Waals surface area contributed by atoms with Crippen molar-refractivity contribution in [2.45, 2.75) is 13.3 Å². The molecule has 2 aliphatic rings. The van der Waals surface area contributed by atoms with Gasteiger partial charge in [-0.05, 0) is 13.3 Å². The minimum atomic E-state index is -1.12. The molecule has 104 valence electrons. The summed E-state index contributed by atoms with van der Waals surface area (Å²) in [7, 11) is -1.12. The molecule has 0 aromatic heterocycles. The maximum absolute atomic E-state index is 10.8. The van der Waals surface area contributed by atoms with Gasteiger partial charge in [0.25, 0.3) is 0 Å². The molecule has 5 nitrogen and oxygen atoms in total. The summed E-state index contributed by atoms with van der Waals surface area (Å²) in [5.41, 5.74) is -0.949. The zero-order valence-corrected chi connectivity index (χ0v) is 11.6. The van der Waals surface area contributed by atoms with E-state index in [4.69, 9.17) is 10.2 Å². The molecule has 1 aliphatic carbocycles. The second-order valence-corrected chi connectivity index (χ2v) is 6.57. The van der Waals surface area contributed by atoms with Gasteiger partial charge in [0.15, 0.2) is 0 Å². The molecule has 0 spiro atoms. The molecule has 1 heterocycles. The highest BCUT2D eigenvalue weighted by atomic mass is 31.1. The van der Waals surface area contributed by atoms with Crippen molar-refractivity contribution in [3.8, 4) is 0 Å². The fourth-order valence-corrected chi connectivity index (χ4v) is 2.72. The van der Waals surface area contributed by atoms with E-state index >= 15 is 0 Å². The molecule has 2 rings (SSSR count). The highest BCUT2D eigenvalue weighted by molar-refractivity contribution is 7.45. The van der Waals surface area contributed by atoms with Crippen LogP contribution in [0.15, 0.2) is 36.0 Å². The predicted molar refractivity (Wildman–Crippen MR) is 73.1 cm³/mol. The van der Waals surface area contributed by atoms with Crippen molar-refractivity contribution in [2.24, 2.45) is 5.41 Å². The number of allylic oxidation sites excluding steroid dienone is 4. The minimum Gasteiger partial charge on any atom is -0.481 e. The number of rotatable bonds is 2. The van der Waals surface area contributed by atoms with Crippen LogP contribution in [-0.2, 0) is 14.2 Å². The Kier molecular flexibility index (Phi) is 5.31. The van der Waals surface area contributed by atoms with Crippen LogP contribution in [0.3, 0.4) is 0 Å². The Morgan fingerprint density at radius 1 is 1.26 bits per heavy atom. The second kappa shape index (κ2) is 6.53. The smallest absolute Gasteiger partial charge is 0.331 e. The SMILES string of the molecule is CC1(C(=O)O)C=CC=C(C(=O)O)C1.O=[PH]1CC=CC1. The van der Waals surface area contributed by atoms with E-state index in [-0.39, 0.29) is 12.0 Å². The molecule has 0 fully saturated rings. The molecule has 1 aliphatic heterocycles. The van der Waals surface area contributed by atoms with E-state index in [9.17, 15) is 14.2 Å². The Morgan fingerprint density at radius 3 is 2.21 bits per heavy atom. The first kappa shape index (κ1) is 15.4. The van der Waals surface area contributed by atoms with E-state index in [1.807, 2.05) is 12.2 Å². The molecule has 1 unspecified atom stereocenters. The number of carboxylic acids is 2. The van der Waals surface area contributed by atoms with Crippen LogP contribution in [0.5, 0.6) is 0 Å². The summed E-state index contributed by atoms with van der Waals surface area (Å²) in [6.45, 7) is 1.50. The van der Waals surface area contributed by atoms with Crippen LogP contribution in [0.25, 0.3) is 0 Å². The number of hydrogen-bond acceptors (Lipinski definition) is 3. The van der Waals surface area contributed by atoms with E-state index in [1.54, 1.807) is 0 Å². The molecule has 0 bridgehead atoms. The average molecular weight is 284 g/mol. The molecule has 19 heavy (non-hydrogen) atoms. The van der Waals surface area contributed by atoms with Crippen molar-refractivity contribution in [3.05, 3.63) is 36.0 Å². The number of aliphatic carboxylic acids is 2. The van der Waals surface area contributed by atoms with Gasteiger partial charge in [-0.15, -0.1) is 0 Å². The Labute approximate surface area is 112 Å². The van der Waals surface area contributed by atoms with Gasteiger partial charge in [-0.1, -0.05) is 30.4 Å². The first-order valence-electron chi connectivity index (χ1n) is 5.87. The van der Waals surface area contributed by atoms with Crippen molar-refractivity contribution in [2.75, 3.05) is 12.3 Å². The molecular weight excluding hydrogens is 267 g/mol. The molecule has 0 radical (unpaired) electrons. The van der Waals surface area contributed by atoms with Crippen LogP contribution in [0.1, 0.15) is 13.3 Å². The lowest BCUT2D eigenvalue weighted by Crippen LogP contribution is -2.28. The third-order valence-electron chi connectivity index (χ3n) is 2.94. The van der Waals surface area contributed by atoms with Gasteiger partial charge in [-0.25, -0.2) is 4.79 Å². The normalized spacial score (nSPS) is 25.4. The predicted octanol–water partition coefficient (Wildman–Crippen LogP) is 2.16. The van der Waals surface area contributed by atoms with Crippen LogP contribution >= 0.6 is 7.80 Å². The molecule has 0 amide bonds. The van der Waals surface area contributed by atoms with E-state index in [1.165, 1.54) is 25.2 Å². The van der Waals surface area contributed by atoms with Crippen LogP contribution in [-0.4, -0.2) is 34.5 Å². The molecule has 0 saturated carbocycles. The summed E-state index contributed by atoms with van der Waals surface area (Å²) in [6, 6.07) is 0. The first-order valence-corrected chi connectivity index (χ1v) is 7.69. The molecule has 0 aromatic rings. The summed E-state index contributed by atoms with van der Waals surface area (Å²) in [5, 5.41) is 17.5. The molecule has 0 aromatic carbocycles. The van der Waals surface area contributed by atoms with Crippen molar-refractivity contribution in [1.29, 1.82) is 0 Å². The Morgan fingerprint density at radius 2 is 1.84 bits per heavy atom. The highest BCUT2D eigenvalue weighted by Crippen LogP contribution is 2.31. The second-order valence-electron chi connectivity index (χ2n) is 4.67. The van der Waals surface area contributed by atoms with Crippen molar-refractivity contribution in [1.82, 2.24) is 0 Å². The van der Waals surface area contributed by atoms with Crippen molar-refractivity contribution in [3.63, 3.8) is 0 Å². The van der Waals surface area contributed by atoms with Gasteiger partial charge in [0.05, 0.1) is 13.2 Å². The van der Waals surface area contributed by atoms with Crippen molar-refractivity contribution >= 4 is 19.7 Å². The van der Waals surface area contributed by atoms with Crippen LogP contribution in [0.2, 0.25) is 0 Å². The Balaban J connectivity index is 0.000000250. The maximum Gasteiger partial charge on any atom is 0.331 e. The lowest BCUT2D eigenvalue weighted by atomic mass is 9.80. The minimum absolute atomic E-state index is 0.0359. The monoisotopic (exact) mass is 284 g/mol. The van der Waals surface area contributed by atoms with Crippen LogP contribution in [0, 0.1) is 5.41 Å². The Bertz CT molecular complexity index is 479. The Hall–Kier alpha value is -1.61.